The maximum absolute atomic E-state index is 14.1. The third kappa shape index (κ3) is 10.4. The maximum Gasteiger partial charge on any atom is 0.338 e. The van der Waals surface area contributed by atoms with Crippen LogP contribution in [0.5, 0.6) is 0 Å². The first-order valence-corrected chi connectivity index (χ1v) is 18.3. The van der Waals surface area contributed by atoms with E-state index in [2.05, 4.69) is 6.58 Å². The van der Waals surface area contributed by atoms with Gasteiger partial charge < -0.3 is 38.3 Å². The smallest absolute Gasteiger partial charge is 0.338 e. The summed E-state index contributed by atoms with van der Waals surface area (Å²) in [6, 6.07) is 7.68. The van der Waals surface area contributed by atoms with Crippen LogP contribution in [0.3, 0.4) is 0 Å². The molecule has 0 saturated heterocycles. The summed E-state index contributed by atoms with van der Waals surface area (Å²) in [5.41, 5.74) is -5.85. The Labute approximate surface area is 327 Å². The molecule has 1 aromatic carbocycles. The van der Waals surface area contributed by atoms with Gasteiger partial charge in [0, 0.05) is 57.9 Å². The van der Waals surface area contributed by atoms with Crippen molar-refractivity contribution >= 4 is 41.8 Å². The van der Waals surface area contributed by atoms with Crippen LogP contribution in [0, 0.1) is 23.2 Å². The summed E-state index contributed by atoms with van der Waals surface area (Å²) in [6.07, 6.45) is -7.36. The first kappa shape index (κ1) is 45.3. The van der Waals surface area contributed by atoms with E-state index in [-0.39, 0.29) is 11.1 Å². The molecule has 0 amide bonds. The van der Waals surface area contributed by atoms with Crippen molar-refractivity contribution in [2.75, 3.05) is 0 Å². The first-order chi connectivity index (χ1) is 25.8. The Morgan fingerprint density at radius 2 is 1.23 bits per heavy atom. The van der Waals surface area contributed by atoms with Crippen molar-refractivity contribution in [3.63, 3.8) is 0 Å². The van der Waals surface area contributed by atoms with Crippen LogP contribution in [0.4, 0.5) is 0 Å². The first-order valence-electron chi connectivity index (χ1n) is 18.3. The number of hydrogen-bond donors (Lipinski definition) is 1. The minimum atomic E-state index is -2.40. The number of fused-ring (bicyclic) bond motifs is 1. The molecule has 1 saturated carbocycles. The number of esters is 7. The zero-order valence-corrected chi connectivity index (χ0v) is 33.8. The molecule has 0 unspecified atom stereocenters. The highest BCUT2D eigenvalue weighted by molar-refractivity contribution is 5.89. The quantitative estimate of drug-likeness (QED) is 0.210. The van der Waals surface area contributed by atoms with Gasteiger partial charge in [-0.25, -0.2) is 4.79 Å². The lowest BCUT2D eigenvalue weighted by Crippen LogP contribution is -2.60. The fourth-order valence-electron chi connectivity index (χ4n) is 7.58. The largest absolute Gasteiger partial charge is 0.459 e. The number of carbonyl (C=O) groups is 7. The molecule has 0 bridgehead atoms. The van der Waals surface area contributed by atoms with E-state index in [1.54, 1.807) is 51.1 Å². The molecular formula is C41H54O15. The lowest BCUT2D eigenvalue weighted by atomic mass is 9.71. The second-order valence-electron chi connectivity index (χ2n) is 15.6. The van der Waals surface area contributed by atoms with Crippen molar-refractivity contribution in [1.82, 2.24) is 0 Å². The van der Waals surface area contributed by atoms with Crippen LogP contribution < -0.4 is 0 Å². The Bertz CT molecular complexity index is 1710. The second-order valence-corrected chi connectivity index (χ2v) is 15.6. The van der Waals surface area contributed by atoms with E-state index in [4.69, 9.17) is 33.2 Å². The lowest BCUT2D eigenvalue weighted by Gasteiger charge is -2.46. The summed E-state index contributed by atoms with van der Waals surface area (Å²) < 4.78 is 41.5. The van der Waals surface area contributed by atoms with Gasteiger partial charge in [0.25, 0.3) is 0 Å². The average Bonchev–Trinajstić information content (AvgIpc) is 3.28. The number of ether oxygens (including phenoxy) is 7. The van der Waals surface area contributed by atoms with E-state index < -0.39 is 119 Å². The number of hydrogen-bond acceptors (Lipinski definition) is 15. The van der Waals surface area contributed by atoms with Crippen molar-refractivity contribution in [3.05, 3.63) is 60.2 Å². The summed E-state index contributed by atoms with van der Waals surface area (Å²) >= 11 is 0. The molecule has 15 heteroatoms. The third-order valence-corrected chi connectivity index (χ3v) is 9.84. The number of carbonyl (C=O) groups excluding carboxylic acids is 7. The van der Waals surface area contributed by atoms with Gasteiger partial charge in [0.2, 0.25) is 0 Å². The molecule has 15 nitrogen and oxygen atoms in total. The van der Waals surface area contributed by atoms with Crippen LogP contribution >= 0.6 is 0 Å². The summed E-state index contributed by atoms with van der Waals surface area (Å²) in [7, 11) is 0. The minimum absolute atomic E-state index is 0.0266. The van der Waals surface area contributed by atoms with Crippen molar-refractivity contribution in [3.8, 4) is 0 Å². The molecule has 3 rings (SSSR count). The zero-order valence-electron chi connectivity index (χ0n) is 33.8. The van der Waals surface area contributed by atoms with Gasteiger partial charge in [-0.05, 0) is 19.1 Å². The summed E-state index contributed by atoms with van der Waals surface area (Å²) in [5.74, 6) is -9.46. The van der Waals surface area contributed by atoms with E-state index in [1.165, 1.54) is 32.9 Å². The second kappa shape index (κ2) is 17.8. The molecule has 10 atom stereocenters. The summed E-state index contributed by atoms with van der Waals surface area (Å²) in [5, 5.41) is 13.3. The Kier molecular flexibility index (Phi) is 14.4. The van der Waals surface area contributed by atoms with E-state index in [1.807, 2.05) is 0 Å². The summed E-state index contributed by atoms with van der Waals surface area (Å²) in [6.45, 7) is 19.1. The predicted octanol–water partition coefficient (Wildman–Crippen LogP) is 4.37. The Morgan fingerprint density at radius 3 is 1.73 bits per heavy atom. The molecule has 0 radical (unpaired) electrons. The fraction of sp³-hybridized carbons (Fsp3) is 0.585. The molecule has 0 aromatic heterocycles. The van der Waals surface area contributed by atoms with E-state index in [9.17, 15) is 38.7 Å². The monoisotopic (exact) mass is 786 g/mol. The molecular weight excluding hydrogens is 732 g/mol. The topological polar surface area (TPSA) is 204 Å². The molecule has 1 N–H and O–H groups in total. The lowest BCUT2D eigenvalue weighted by molar-refractivity contribution is -0.198. The van der Waals surface area contributed by atoms with Gasteiger partial charge >= 0.3 is 41.8 Å². The molecule has 56 heavy (non-hydrogen) atoms. The zero-order chi connectivity index (χ0) is 42.5. The molecule has 2 aliphatic carbocycles. The van der Waals surface area contributed by atoms with Gasteiger partial charge in [0.15, 0.2) is 24.4 Å². The number of aliphatic hydroxyl groups is 1. The maximum atomic E-state index is 14.1. The van der Waals surface area contributed by atoms with Crippen LogP contribution in [0.15, 0.2) is 54.6 Å². The molecule has 0 spiro atoms. The van der Waals surface area contributed by atoms with Gasteiger partial charge in [0.05, 0.1) is 17.4 Å². The normalized spacial score (nSPS) is 31.3. The predicted molar refractivity (Wildman–Crippen MR) is 197 cm³/mol. The van der Waals surface area contributed by atoms with Crippen molar-refractivity contribution < 1.29 is 71.8 Å². The Hall–Kier alpha value is -5.05. The SMILES string of the molecule is C=C1[C@H](OC(=O)C(C)C)[C@@H](OC(C)=O)[C@@H](OC(C)=O)C(C)(C)C=C[C@H](C)[C@H](OC(C)=O)[C@@]2(O)C[C@@](C)(OC(C)=O)[C@H](OC(C)=O)[C@@H]2[C@H]1OC(=O)c1ccccc1. The van der Waals surface area contributed by atoms with Crippen LogP contribution in [-0.2, 0) is 61.9 Å². The standard InChI is InChI=1S/C41H54O15/c1-21(2)37(47)55-32-23(4)31(54-38(48)29-16-14-13-15-17-29)30-35(52-26(7)44)40(12,56-28(9)46)20-41(30,49)34(51-25(6)43)22(3)18-19-39(10,11)36(53-27(8)45)33(32)50-24(5)42/h13-19,21-22,30-36,49H,4,20H2,1-3,5-12H3/t22-,30-,31-,32-,33+,34-,35+,36+,40+,41+/m0/s1. The Balaban J connectivity index is 2.63. The molecule has 1 aromatic rings. The molecule has 2 aliphatic rings. The molecule has 0 heterocycles. The molecule has 0 aliphatic heterocycles. The average molecular weight is 787 g/mol. The van der Waals surface area contributed by atoms with Gasteiger partial charge in [-0.2, -0.15) is 0 Å². The number of rotatable bonds is 9. The minimum Gasteiger partial charge on any atom is -0.459 e. The Morgan fingerprint density at radius 1 is 0.714 bits per heavy atom. The van der Waals surface area contributed by atoms with Crippen LogP contribution in [-0.4, -0.2) is 94.7 Å². The van der Waals surface area contributed by atoms with E-state index in [0.717, 1.165) is 34.6 Å². The third-order valence-electron chi connectivity index (χ3n) is 9.84. The van der Waals surface area contributed by atoms with Crippen LogP contribution in [0.25, 0.3) is 0 Å². The summed E-state index contributed by atoms with van der Waals surface area (Å²) in [4.78, 5) is 91.9. The van der Waals surface area contributed by atoms with Crippen LogP contribution in [0.2, 0.25) is 0 Å². The van der Waals surface area contributed by atoms with E-state index in [0.29, 0.717) is 0 Å². The van der Waals surface area contributed by atoms with Crippen molar-refractivity contribution in [2.24, 2.45) is 23.2 Å². The highest BCUT2D eigenvalue weighted by Crippen LogP contribution is 2.54. The van der Waals surface area contributed by atoms with Gasteiger partial charge in [0.1, 0.15) is 23.4 Å². The van der Waals surface area contributed by atoms with E-state index >= 15 is 0 Å². The highest BCUT2D eigenvalue weighted by atomic mass is 16.6. The van der Waals surface area contributed by atoms with Gasteiger partial charge in [-0.3, -0.25) is 28.8 Å². The van der Waals surface area contributed by atoms with Gasteiger partial charge in [-0.1, -0.05) is 71.5 Å². The highest BCUT2D eigenvalue weighted by Gasteiger charge is 2.70. The molecule has 308 valence electrons. The van der Waals surface area contributed by atoms with Crippen LogP contribution in [0.1, 0.15) is 92.9 Å². The number of benzene rings is 1. The van der Waals surface area contributed by atoms with Crippen molar-refractivity contribution in [1.29, 1.82) is 0 Å². The molecule has 1 fully saturated rings. The van der Waals surface area contributed by atoms with Gasteiger partial charge in [-0.15, -0.1) is 0 Å². The van der Waals surface area contributed by atoms with Crippen molar-refractivity contribution in [2.45, 2.75) is 130 Å². The fourth-order valence-corrected chi connectivity index (χ4v) is 7.58.